The van der Waals surface area contributed by atoms with Crippen LogP contribution >= 0.6 is 24.0 Å². The molecule has 1 aliphatic rings. The normalized spacial score (nSPS) is 15.5. The molecule has 1 N–H and O–H groups in total. The van der Waals surface area contributed by atoms with Crippen LogP contribution in [0.5, 0.6) is 0 Å². The van der Waals surface area contributed by atoms with Gasteiger partial charge in [0, 0.05) is 54.1 Å². The van der Waals surface area contributed by atoms with Crippen molar-refractivity contribution < 1.29 is 14.2 Å². The standard InChI is InChI=1S/C20H33N3O3.HI/c1-21-20(22-15-17-6-4-7-18(14-17)16-25-3)23-10-8-19(9-11-23)26-13-5-12-24-2;/h4,6-7,14,19H,5,8-13,15-16H2,1-3H3,(H,21,22);1H. The topological polar surface area (TPSA) is 55.3 Å². The first-order valence-corrected chi connectivity index (χ1v) is 9.39. The molecule has 6 nitrogen and oxygen atoms in total. The molecule has 2 rings (SSSR count). The fourth-order valence-corrected chi connectivity index (χ4v) is 3.20. The summed E-state index contributed by atoms with van der Waals surface area (Å²) in [6.45, 7) is 4.89. The summed E-state index contributed by atoms with van der Waals surface area (Å²) in [4.78, 5) is 6.76. The van der Waals surface area contributed by atoms with Gasteiger partial charge in [0.2, 0.25) is 0 Å². The number of piperidine rings is 1. The molecule has 0 radical (unpaired) electrons. The number of benzene rings is 1. The second-order valence-electron chi connectivity index (χ2n) is 6.56. The number of hydrogen-bond acceptors (Lipinski definition) is 4. The van der Waals surface area contributed by atoms with Crippen LogP contribution in [0, 0.1) is 0 Å². The minimum absolute atomic E-state index is 0. The van der Waals surface area contributed by atoms with Gasteiger partial charge >= 0.3 is 0 Å². The Kier molecular flexibility index (Phi) is 12.6. The van der Waals surface area contributed by atoms with Gasteiger partial charge in [-0.25, -0.2) is 0 Å². The molecule has 0 spiro atoms. The molecule has 1 aromatic carbocycles. The van der Waals surface area contributed by atoms with Crippen molar-refractivity contribution in [2.24, 2.45) is 4.99 Å². The smallest absolute Gasteiger partial charge is 0.193 e. The van der Waals surface area contributed by atoms with Crippen LogP contribution in [0.1, 0.15) is 30.4 Å². The van der Waals surface area contributed by atoms with Gasteiger partial charge in [-0.1, -0.05) is 24.3 Å². The minimum Gasteiger partial charge on any atom is -0.385 e. The van der Waals surface area contributed by atoms with Gasteiger partial charge in [0.1, 0.15) is 0 Å². The van der Waals surface area contributed by atoms with E-state index in [0.717, 1.165) is 58.1 Å². The van der Waals surface area contributed by atoms with E-state index in [1.165, 1.54) is 11.1 Å². The molecule has 0 saturated carbocycles. The summed E-state index contributed by atoms with van der Waals surface area (Å²) in [5.74, 6) is 0.958. The molecule has 1 aromatic rings. The van der Waals surface area contributed by atoms with E-state index < -0.39 is 0 Å². The van der Waals surface area contributed by atoms with Gasteiger partial charge in [0.25, 0.3) is 0 Å². The Morgan fingerprint density at radius 3 is 2.56 bits per heavy atom. The molecule has 0 bridgehead atoms. The van der Waals surface area contributed by atoms with Crippen LogP contribution in [-0.4, -0.2) is 64.5 Å². The van der Waals surface area contributed by atoms with Crippen molar-refractivity contribution in [3.8, 4) is 0 Å². The quantitative estimate of drug-likeness (QED) is 0.249. The first-order chi connectivity index (χ1) is 12.8. The van der Waals surface area contributed by atoms with Crippen molar-refractivity contribution in [3.05, 3.63) is 35.4 Å². The average Bonchev–Trinajstić information content (AvgIpc) is 2.67. The van der Waals surface area contributed by atoms with Crippen molar-refractivity contribution in [3.63, 3.8) is 0 Å². The predicted molar refractivity (Wildman–Crippen MR) is 120 cm³/mol. The summed E-state index contributed by atoms with van der Waals surface area (Å²) in [5, 5.41) is 3.48. The van der Waals surface area contributed by atoms with Crippen LogP contribution < -0.4 is 5.32 Å². The van der Waals surface area contributed by atoms with Crippen LogP contribution in [-0.2, 0) is 27.4 Å². The zero-order valence-electron chi connectivity index (χ0n) is 16.8. The second kappa shape index (κ2) is 14.1. The van der Waals surface area contributed by atoms with Crippen LogP contribution in [0.3, 0.4) is 0 Å². The van der Waals surface area contributed by atoms with Crippen molar-refractivity contribution >= 4 is 29.9 Å². The minimum atomic E-state index is 0. The summed E-state index contributed by atoms with van der Waals surface area (Å²) in [7, 11) is 5.29. The fourth-order valence-electron chi connectivity index (χ4n) is 3.20. The van der Waals surface area contributed by atoms with Gasteiger partial charge in [0.15, 0.2) is 5.96 Å². The third-order valence-electron chi connectivity index (χ3n) is 4.55. The molecule has 0 atom stereocenters. The molecular formula is C20H34IN3O3. The molecule has 0 aromatic heterocycles. The molecular weight excluding hydrogens is 457 g/mol. The number of ether oxygens (including phenoxy) is 3. The summed E-state index contributed by atoms with van der Waals surface area (Å²) in [6.07, 6.45) is 3.39. The van der Waals surface area contributed by atoms with Gasteiger partial charge in [0.05, 0.1) is 12.7 Å². The third kappa shape index (κ3) is 8.76. The summed E-state index contributed by atoms with van der Waals surface area (Å²) >= 11 is 0. The molecule has 154 valence electrons. The summed E-state index contributed by atoms with van der Waals surface area (Å²) in [5.41, 5.74) is 2.42. The zero-order chi connectivity index (χ0) is 18.6. The number of guanidine groups is 1. The number of halogens is 1. The Hall–Kier alpha value is -0.900. The van der Waals surface area contributed by atoms with E-state index in [4.69, 9.17) is 14.2 Å². The number of nitrogens with one attached hydrogen (secondary N) is 1. The number of aliphatic imine (C=N–C) groups is 1. The van der Waals surface area contributed by atoms with Crippen LogP contribution in [0.25, 0.3) is 0 Å². The lowest BCUT2D eigenvalue weighted by Gasteiger charge is -2.34. The van der Waals surface area contributed by atoms with E-state index in [9.17, 15) is 0 Å². The molecule has 1 fully saturated rings. The van der Waals surface area contributed by atoms with Gasteiger partial charge in [-0.2, -0.15) is 0 Å². The van der Waals surface area contributed by atoms with E-state index in [1.807, 2.05) is 7.05 Å². The molecule has 27 heavy (non-hydrogen) atoms. The lowest BCUT2D eigenvalue weighted by atomic mass is 10.1. The number of hydrogen-bond donors (Lipinski definition) is 1. The lowest BCUT2D eigenvalue weighted by molar-refractivity contribution is 0.00989. The number of likely N-dealkylation sites (tertiary alicyclic amines) is 1. The maximum absolute atomic E-state index is 5.93. The number of nitrogens with zero attached hydrogens (tertiary/aromatic N) is 2. The molecule has 0 aliphatic carbocycles. The van der Waals surface area contributed by atoms with E-state index in [1.54, 1.807) is 14.2 Å². The Morgan fingerprint density at radius 2 is 1.89 bits per heavy atom. The largest absolute Gasteiger partial charge is 0.385 e. The SMILES string of the molecule is CN=C(NCc1cccc(COC)c1)N1CCC(OCCCOC)CC1.I. The van der Waals surface area contributed by atoms with Gasteiger partial charge in [-0.05, 0) is 30.4 Å². The second-order valence-corrected chi connectivity index (χ2v) is 6.56. The highest BCUT2D eigenvalue weighted by Gasteiger charge is 2.21. The molecule has 7 heteroatoms. The first-order valence-electron chi connectivity index (χ1n) is 9.39. The predicted octanol–water partition coefficient (Wildman–Crippen LogP) is 3.04. The summed E-state index contributed by atoms with van der Waals surface area (Å²) < 4.78 is 16.2. The maximum Gasteiger partial charge on any atom is 0.193 e. The van der Waals surface area contributed by atoms with E-state index >= 15 is 0 Å². The Morgan fingerprint density at radius 1 is 1.15 bits per heavy atom. The third-order valence-corrected chi connectivity index (χ3v) is 4.55. The van der Waals surface area contributed by atoms with Crippen LogP contribution in [0.15, 0.2) is 29.3 Å². The average molecular weight is 491 g/mol. The molecule has 0 unspecified atom stereocenters. The Balaban J connectivity index is 0.00000364. The zero-order valence-corrected chi connectivity index (χ0v) is 19.1. The molecule has 0 amide bonds. The first kappa shape index (κ1) is 24.1. The fraction of sp³-hybridized carbons (Fsp3) is 0.650. The number of rotatable bonds is 9. The molecule has 1 aliphatic heterocycles. The van der Waals surface area contributed by atoms with Gasteiger partial charge in [-0.15, -0.1) is 24.0 Å². The van der Waals surface area contributed by atoms with Gasteiger partial charge < -0.3 is 24.4 Å². The number of methoxy groups -OCH3 is 2. The van der Waals surface area contributed by atoms with Gasteiger partial charge in [-0.3, -0.25) is 4.99 Å². The molecule has 1 heterocycles. The van der Waals surface area contributed by atoms with Crippen molar-refractivity contribution in [2.45, 2.75) is 38.5 Å². The highest BCUT2D eigenvalue weighted by Crippen LogP contribution is 2.14. The van der Waals surface area contributed by atoms with E-state index in [0.29, 0.717) is 12.7 Å². The Bertz CT molecular complexity index is 549. The molecule has 1 saturated heterocycles. The summed E-state index contributed by atoms with van der Waals surface area (Å²) in [6, 6.07) is 8.45. The van der Waals surface area contributed by atoms with Crippen LogP contribution in [0.2, 0.25) is 0 Å². The van der Waals surface area contributed by atoms with Crippen molar-refractivity contribution in [2.75, 3.05) is 47.6 Å². The van der Waals surface area contributed by atoms with E-state index in [2.05, 4.69) is 39.5 Å². The lowest BCUT2D eigenvalue weighted by Crippen LogP contribution is -2.46. The van der Waals surface area contributed by atoms with Crippen molar-refractivity contribution in [1.29, 1.82) is 0 Å². The Labute approximate surface area is 180 Å². The monoisotopic (exact) mass is 491 g/mol. The van der Waals surface area contributed by atoms with E-state index in [-0.39, 0.29) is 24.0 Å². The highest BCUT2D eigenvalue weighted by molar-refractivity contribution is 14.0. The maximum atomic E-state index is 5.93. The van der Waals surface area contributed by atoms with Crippen molar-refractivity contribution in [1.82, 2.24) is 10.2 Å². The highest BCUT2D eigenvalue weighted by atomic mass is 127. The van der Waals surface area contributed by atoms with Crippen LogP contribution in [0.4, 0.5) is 0 Å².